The summed E-state index contributed by atoms with van der Waals surface area (Å²) in [7, 11) is 2.93. The number of halogens is 1. The Morgan fingerprint density at radius 1 is 0.881 bits per heavy atom. The van der Waals surface area contributed by atoms with Crippen LogP contribution in [0.4, 0.5) is 16.2 Å². The van der Waals surface area contributed by atoms with Crippen LogP contribution in [0.1, 0.15) is 16.7 Å². The van der Waals surface area contributed by atoms with Crippen molar-refractivity contribution >= 4 is 68.1 Å². The van der Waals surface area contributed by atoms with Crippen molar-refractivity contribution < 1.29 is 33.4 Å². The Hall–Kier alpha value is -4.29. The molecule has 10 nitrogen and oxygen atoms in total. The van der Waals surface area contributed by atoms with Crippen LogP contribution >= 0.6 is 27.7 Å². The van der Waals surface area contributed by atoms with Crippen molar-refractivity contribution in [3.05, 3.63) is 80.7 Å². The minimum Gasteiger partial charge on any atom is -0.495 e. The fourth-order valence-corrected chi connectivity index (χ4v) is 5.36. The first-order valence-corrected chi connectivity index (χ1v) is 14.3. The van der Waals surface area contributed by atoms with E-state index in [0.717, 1.165) is 32.3 Å². The molecule has 0 spiro atoms. The average Bonchev–Trinajstić information content (AvgIpc) is 3.22. The molecule has 0 aliphatic carbocycles. The summed E-state index contributed by atoms with van der Waals surface area (Å²) >= 11 is 4.19. The zero-order valence-electron chi connectivity index (χ0n) is 23.3. The Kier molecular flexibility index (Phi) is 9.92. The molecule has 0 atom stereocenters. The van der Waals surface area contributed by atoms with E-state index in [0.29, 0.717) is 34.2 Å². The Labute approximate surface area is 255 Å². The molecule has 1 aliphatic rings. The summed E-state index contributed by atoms with van der Waals surface area (Å²) in [4.78, 5) is 51.6. The molecule has 1 saturated heterocycles. The lowest BCUT2D eigenvalue weighted by Crippen LogP contribution is -2.36. The van der Waals surface area contributed by atoms with Crippen LogP contribution in [0.15, 0.2) is 64.0 Å². The SMILES string of the molecule is COc1ccccc1NC(=O)CN1C(=O)S/C(=C/c2ccc(OCC(=O)Nc3cc(C)c(C)cc3Br)c(OC)c2)C1=O. The molecule has 42 heavy (non-hydrogen) atoms. The molecule has 1 aliphatic heterocycles. The number of anilines is 2. The number of thioether (sulfide) groups is 1. The first-order valence-electron chi connectivity index (χ1n) is 12.6. The van der Waals surface area contributed by atoms with Gasteiger partial charge in [-0.15, -0.1) is 0 Å². The topological polar surface area (TPSA) is 123 Å². The maximum Gasteiger partial charge on any atom is 0.294 e. The molecule has 218 valence electrons. The maximum atomic E-state index is 13.0. The number of imide groups is 1. The number of nitrogens with one attached hydrogen (secondary N) is 2. The lowest BCUT2D eigenvalue weighted by molar-refractivity contribution is -0.127. The zero-order valence-corrected chi connectivity index (χ0v) is 25.7. The van der Waals surface area contributed by atoms with E-state index in [-0.39, 0.29) is 17.4 Å². The number of benzene rings is 3. The van der Waals surface area contributed by atoms with E-state index in [4.69, 9.17) is 14.2 Å². The molecular formula is C30H28BrN3O7S. The van der Waals surface area contributed by atoms with Gasteiger partial charge in [0.1, 0.15) is 12.3 Å². The summed E-state index contributed by atoms with van der Waals surface area (Å²) < 4.78 is 17.1. The van der Waals surface area contributed by atoms with Crippen LogP contribution < -0.4 is 24.8 Å². The lowest BCUT2D eigenvalue weighted by atomic mass is 10.1. The van der Waals surface area contributed by atoms with E-state index in [2.05, 4.69) is 26.6 Å². The molecule has 0 aromatic heterocycles. The first kappa shape index (κ1) is 30.7. The van der Waals surface area contributed by atoms with Gasteiger partial charge in [-0.25, -0.2) is 0 Å². The Bertz CT molecular complexity index is 1590. The highest BCUT2D eigenvalue weighted by atomic mass is 79.9. The van der Waals surface area contributed by atoms with Gasteiger partial charge in [0.2, 0.25) is 5.91 Å². The van der Waals surface area contributed by atoms with Crippen molar-refractivity contribution in [1.29, 1.82) is 0 Å². The number of para-hydroxylation sites is 2. The summed E-state index contributed by atoms with van der Waals surface area (Å²) in [6.45, 7) is 3.24. The number of rotatable bonds is 10. The van der Waals surface area contributed by atoms with Gasteiger partial charge in [-0.05, 0) is 101 Å². The van der Waals surface area contributed by atoms with Gasteiger partial charge < -0.3 is 24.8 Å². The van der Waals surface area contributed by atoms with Crippen LogP contribution in [-0.2, 0) is 14.4 Å². The molecule has 1 heterocycles. The van der Waals surface area contributed by atoms with Crippen molar-refractivity contribution in [3.8, 4) is 17.2 Å². The Morgan fingerprint density at radius 2 is 1.57 bits per heavy atom. The molecule has 4 rings (SSSR count). The highest BCUT2D eigenvalue weighted by Crippen LogP contribution is 2.35. The third-order valence-corrected chi connectivity index (χ3v) is 7.82. The van der Waals surface area contributed by atoms with Crippen molar-refractivity contribution in [1.82, 2.24) is 4.90 Å². The number of aryl methyl sites for hydroxylation is 2. The van der Waals surface area contributed by atoms with E-state index in [1.165, 1.54) is 20.3 Å². The van der Waals surface area contributed by atoms with E-state index in [1.54, 1.807) is 42.5 Å². The van der Waals surface area contributed by atoms with Gasteiger partial charge in [-0.2, -0.15) is 0 Å². The second-order valence-corrected chi connectivity index (χ2v) is 11.0. The smallest absolute Gasteiger partial charge is 0.294 e. The molecule has 0 bridgehead atoms. The number of amides is 4. The summed E-state index contributed by atoms with van der Waals surface area (Å²) in [6, 6.07) is 15.5. The largest absolute Gasteiger partial charge is 0.495 e. The predicted octanol–water partition coefficient (Wildman–Crippen LogP) is 5.78. The minimum absolute atomic E-state index is 0.152. The van der Waals surface area contributed by atoms with Gasteiger partial charge in [0.25, 0.3) is 17.1 Å². The number of carbonyl (C=O) groups is 4. The molecule has 3 aromatic carbocycles. The summed E-state index contributed by atoms with van der Waals surface area (Å²) in [6.07, 6.45) is 1.53. The fraction of sp³-hybridized carbons (Fsp3) is 0.200. The third kappa shape index (κ3) is 7.31. The molecule has 12 heteroatoms. The Morgan fingerprint density at radius 3 is 2.31 bits per heavy atom. The molecule has 0 radical (unpaired) electrons. The van der Waals surface area contributed by atoms with Gasteiger partial charge in [-0.1, -0.05) is 18.2 Å². The van der Waals surface area contributed by atoms with Crippen LogP contribution in [0.2, 0.25) is 0 Å². The predicted molar refractivity (Wildman–Crippen MR) is 165 cm³/mol. The lowest BCUT2D eigenvalue weighted by Gasteiger charge is -2.14. The zero-order chi connectivity index (χ0) is 30.4. The quantitative estimate of drug-likeness (QED) is 0.264. The normalized spacial score (nSPS) is 13.7. The standard InChI is InChI=1S/C30H28BrN3O7S/c1-17-11-20(31)22(12-18(17)2)33-28(36)16-41-24-10-9-19(13-25(24)40-4)14-26-29(37)34(30(38)42-26)15-27(35)32-21-7-5-6-8-23(21)39-3/h5-14H,15-16H2,1-4H3,(H,32,35)(H,33,36)/b26-14+. The van der Waals surface area contributed by atoms with Crippen LogP contribution in [-0.4, -0.2) is 55.2 Å². The molecule has 0 unspecified atom stereocenters. The van der Waals surface area contributed by atoms with E-state index in [1.807, 2.05) is 26.0 Å². The summed E-state index contributed by atoms with van der Waals surface area (Å²) in [5, 5.41) is 4.91. The monoisotopic (exact) mass is 653 g/mol. The van der Waals surface area contributed by atoms with Crippen LogP contribution in [0.3, 0.4) is 0 Å². The molecule has 1 fully saturated rings. The summed E-state index contributed by atoms with van der Waals surface area (Å²) in [5.74, 6) is -0.372. The molecule has 3 aromatic rings. The van der Waals surface area contributed by atoms with Crippen LogP contribution in [0.5, 0.6) is 17.2 Å². The van der Waals surface area contributed by atoms with E-state index in [9.17, 15) is 19.2 Å². The second-order valence-electron chi connectivity index (χ2n) is 9.18. The minimum atomic E-state index is -0.589. The molecule has 4 amide bonds. The first-order chi connectivity index (χ1) is 20.1. The molecule has 0 saturated carbocycles. The number of carbonyl (C=O) groups excluding carboxylic acids is 4. The van der Waals surface area contributed by atoms with Crippen LogP contribution in [0, 0.1) is 13.8 Å². The number of hydrogen-bond donors (Lipinski definition) is 2. The van der Waals surface area contributed by atoms with Gasteiger partial charge in [0.15, 0.2) is 18.1 Å². The van der Waals surface area contributed by atoms with E-state index < -0.39 is 23.6 Å². The van der Waals surface area contributed by atoms with Gasteiger partial charge >= 0.3 is 0 Å². The van der Waals surface area contributed by atoms with Crippen molar-refractivity contribution in [2.75, 3.05) is 38.0 Å². The summed E-state index contributed by atoms with van der Waals surface area (Å²) in [5.41, 5.74) is 3.77. The number of ether oxygens (including phenoxy) is 3. The Balaban J connectivity index is 1.39. The van der Waals surface area contributed by atoms with Gasteiger partial charge in [0.05, 0.1) is 30.5 Å². The molecule has 2 N–H and O–H groups in total. The highest BCUT2D eigenvalue weighted by molar-refractivity contribution is 9.10. The maximum absolute atomic E-state index is 13.0. The van der Waals surface area contributed by atoms with Crippen molar-refractivity contribution in [2.24, 2.45) is 0 Å². The number of methoxy groups -OCH3 is 2. The number of hydrogen-bond acceptors (Lipinski definition) is 8. The van der Waals surface area contributed by atoms with E-state index >= 15 is 0 Å². The van der Waals surface area contributed by atoms with Crippen molar-refractivity contribution in [3.63, 3.8) is 0 Å². The molecular weight excluding hydrogens is 626 g/mol. The van der Waals surface area contributed by atoms with Crippen molar-refractivity contribution in [2.45, 2.75) is 13.8 Å². The highest BCUT2D eigenvalue weighted by Gasteiger charge is 2.36. The van der Waals surface area contributed by atoms with Gasteiger partial charge in [-0.3, -0.25) is 24.1 Å². The van der Waals surface area contributed by atoms with Gasteiger partial charge in [0, 0.05) is 4.47 Å². The third-order valence-electron chi connectivity index (χ3n) is 6.26. The second kappa shape index (κ2) is 13.6. The fourth-order valence-electron chi connectivity index (χ4n) is 3.97. The van der Waals surface area contributed by atoms with Crippen LogP contribution in [0.25, 0.3) is 6.08 Å². The number of nitrogens with zero attached hydrogens (tertiary/aromatic N) is 1. The average molecular weight is 655 g/mol.